The number of phosphoric acid groups is 2. The van der Waals surface area contributed by atoms with Crippen LogP contribution in [0.2, 0.25) is 0 Å². The molecule has 0 aromatic heterocycles. The monoisotopic (exact) mass is 1510 g/mol. The van der Waals surface area contributed by atoms with Gasteiger partial charge in [0.25, 0.3) is 0 Å². The van der Waals surface area contributed by atoms with Gasteiger partial charge in [0.05, 0.1) is 26.4 Å². The normalized spacial score (nSPS) is 14.0. The van der Waals surface area contributed by atoms with E-state index in [0.717, 1.165) is 114 Å². The van der Waals surface area contributed by atoms with Crippen LogP contribution >= 0.6 is 15.6 Å². The predicted octanol–water partition coefficient (Wildman–Crippen LogP) is 25.2. The summed E-state index contributed by atoms with van der Waals surface area (Å²) in [6.07, 6.45) is 61.0. The quantitative estimate of drug-likeness (QED) is 0.0222. The molecule has 0 fully saturated rings. The van der Waals surface area contributed by atoms with Crippen LogP contribution in [0.25, 0.3) is 0 Å². The summed E-state index contributed by atoms with van der Waals surface area (Å²) in [5.74, 6) is 1.02. The van der Waals surface area contributed by atoms with E-state index < -0.39 is 97.5 Å². The lowest BCUT2D eigenvalue weighted by Gasteiger charge is -2.21. The van der Waals surface area contributed by atoms with E-state index in [1.165, 1.54) is 238 Å². The summed E-state index contributed by atoms with van der Waals surface area (Å²) in [5.41, 5.74) is 0. The fraction of sp³-hybridized carbons (Fsp3) is 0.952. The van der Waals surface area contributed by atoms with Crippen LogP contribution < -0.4 is 0 Å². The van der Waals surface area contributed by atoms with E-state index in [0.29, 0.717) is 25.7 Å². The zero-order valence-corrected chi connectivity index (χ0v) is 69.7. The third kappa shape index (κ3) is 78.0. The lowest BCUT2D eigenvalue weighted by Crippen LogP contribution is -2.30. The van der Waals surface area contributed by atoms with Crippen molar-refractivity contribution in [3.05, 3.63) is 0 Å². The molecule has 0 saturated carbocycles. The summed E-state index contributed by atoms with van der Waals surface area (Å²) in [4.78, 5) is 73.2. The lowest BCUT2D eigenvalue weighted by molar-refractivity contribution is -0.161. The largest absolute Gasteiger partial charge is 0.472 e. The van der Waals surface area contributed by atoms with Gasteiger partial charge in [-0.1, -0.05) is 383 Å². The second-order valence-corrected chi connectivity index (χ2v) is 35.0. The molecule has 0 aliphatic rings. The molecule has 0 saturated heterocycles. The first-order valence-electron chi connectivity index (χ1n) is 43.2. The molecular formula is C84H164O17P2. The highest BCUT2D eigenvalue weighted by Crippen LogP contribution is 2.45. The van der Waals surface area contributed by atoms with Crippen molar-refractivity contribution < 1.29 is 80.2 Å². The molecule has 0 aromatic rings. The molecule has 0 aliphatic carbocycles. The number of unbranched alkanes of at least 4 members (excludes halogenated alkanes) is 47. The first-order chi connectivity index (χ1) is 49.6. The van der Waals surface area contributed by atoms with Crippen LogP contribution in [0.5, 0.6) is 0 Å². The predicted molar refractivity (Wildman–Crippen MR) is 423 cm³/mol. The average molecular weight is 1510 g/mol. The third-order valence-electron chi connectivity index (χ3n) is 19.6. The SMILES string of the molecule is CC(C)CCCCCCCCCCCCCCCCCC(=O)O[C@H](COC(=O)CCCCCCCCCCCCCCCCC(C)C)COP(=O)(O)OC[C@@H](O)COP(=O)(O)OC[C@@H](COC(=O)CCCCCCCCCCCC(C)C)OC(=O)CCCCCCCCCCCCCCCC(C)C. The Bertz CT molecular complexity index is 2010. The summed E-state index contributed by atoms with van der Waals surface area (Å²) in [6.45, 7) is 14.3. The number of aliphatic hydroxyl groups is 1. The van der Waals surface area contributed by atoms with E-state index in [9.17, 15) is 43.2 Å². The fourth-order valence-corrected chi connectivity index (χ4v) is 14.5. The minimum absolute atomic E-state index is 0.107. The molecule has 0 bridgehead atoms. The number of carbonyl (C=O) groups is 4. The Morgan fingerprint density at radius 1 is 0.243 bits per heavy atom. The van der Waals surface area contributed by atoms with Gasteiger partial charge in [-0.05, 0) is 49.4 Å². The number of carbonyl (C=O) groups excluding carboxylic acids is 4. The molecule has 0 rings (SSSR count). The molecule has 5 atom stereocenters. The van der Waals surface area contributed by atoms with Crippen molar-refractivity contribution in [3.8, 4) is 0 Å². The first kappa shape index (κ1) is 101. The maximum Gasteiger partial charge on any atom is 0.472 e. The number of phosphoric ester groups is 2. The highest BCUT2D eigenvalue weighted by atomic mass is 31.2. The Morgan fingerprint density at radius 2 is 0.408 bits per heavy atom. The summed E-state index contributed by atoms with van der Waals surface area (Å²) < 4.78 is 68.9. The van der Waals surface area contributed by atoms with Gasteiger partial charge in [-0.15, -0.1) is 0 Å². The van der Waals surface area contributed by atoms with Gasteiger partial charge >= 0.3 is 39.5 Å². The topological polar surface area (TPSA) is 237 Å². The highest BCUT2D eigenvalue weighted by molar-refractivity contribution is 7.47. The molecule has 17 nitrogen and oxygen atoms in total. The molecule has 0 aromatic carbocycles. The van der Waals surface area contributed by atoms with Crippen molar-refractivity contribution in [2.75, 3.05) is 39.6 Å². The molecule has 19 heteroatoms. The van der Waals surface area contributed by atoms with Crippen LogP contribution in [-0.2, 0) is 65.4 Å². The molecule has 2 unspecified atom stereocenters. The highest BCUT2D eigenvalue weighted by Gasteiger charge is 2.30. The van der Waals surface area contributed by atoms with Gasteiger partial charge in [0, 0.05) is 25.7 Å². The average Bonchev–Trinajstić information content (AvgIpc) is 0.921. The Balaban J connectivity index is 5.27. The van der Waals surface area contributed by atoms with Crippen molar-refractivity contribution in [2.24, 2.45) is 23.7 Å². The lowest BCUT2D eigenvalue weighted by atomic mass is 10.0. The Morgan fingerprint density at radius 3 is 0.602 bits per heavy atom. The third-order valence-corrected chi connectivity index (χ3v) is 21.5. The molecule has 0 aliphatic heterocycles. The fourth-order valence-electron chi connectivity index (χ4n) is 13.0. The standard InChI is InChI=1S/C84H164O17P2/c1-74(2)60-52-44-36-28-21-15-10-9-11-19-25-33-42-50-58-66-83(88)100-79(70-94-81(86)64-56-48-40-32-24-18-13-12-16-22-29-37-45-53-61-75(3)4)72-98-102(90,91)96-68-78(85)69-97-103(92,93)99-73-80(71-95-82(87)65-57-49-41-35-27-31-39-47-55-63-77(7)8)101-84(89)67-59-51-43-34-26-20-14-17-23-30-38-46-54-62-76(5)6/h74-80,85H,9-73H2,1-8H3,(H,90,91)(H,92,93)/t78-,79-,80-/m1/s1. The Hall–Kier alpha value is -1.94. The van der Waals surface area contributed by atoms with Crippen LogP contribution in [-0.4, -0.2) is 96.7 Å². The van der Waals surface area contributed by atoms with Crippen LogP contribution in [0.15, 0.2) is 0 Å². The zero-order chi connectivity index (χ0) is 76.0. The van der Waals surface area contributed by atoms with Crippen LogP contribution in [0, 0.1) is 23.7 Å². The zero-order valence-electron chi connectivity index (χ0n) is 68.0. The molecule has 3 N–H and O–H groups in total. The molecule has 0 heterocycles. The number of hydrogen-bond acceptors (Lipinski definition) is 15. The van der Waals surface area contributed by atoms with Gasteiger partial charge in [0.2, 0.25) is 0 Å². The van der Waals surface area contributed by atoms with Gasteiger partial charge in [-0.3, -0.25) is 37.3 Å². The van der Waals surface area contributed by atoms with Crippen molar-refractivity contribution in [3.63, 3.8) is 0 Å². The van der Waals surface area contributed by atoms with E-state index >= 15 is 0 Å². The minimum atomic E-state index is -4.97. The van der Waals surface area contributed by atoms with E-state index in [2.05, 4.69) is 55.4 Å². The second kappa shape index (κ2) is 72.9. The van der Waals surface area contributed by atoms with Gasteiger partial charge in [0.1, 0.15) is 19.3 Å². The van der Waals surface area contributed by atoms with Gasteiger partial charge in [-0.2, -0.15) is 0 Å². The number of hydrogen-bond donors (Lipinski definition) is 3. The van der Waals surface area contributed by atoms with Crippen LogP contribution in [0.1, 0.15) is 434 Å². The molecule has 0 radical (unpaired) electrons. The van der Waals surface area contributed by atoms with E-state index in [1.54, 1.807) is 0 Å². The van der Waals surface area contributed by atoms with Crippen molar-refractivity contribution in [1.82, 2.24) is 0 Å². The van der Waals surface area contributed by atoms with Crippen LogP contribution in [0.4, 0.5) is 0 Å². The Kier molecular flexibility index (Phi) is 71.5. The summed E-state index contributed by atoms with van der Waals surface area (Å²) in [6, 6.07) is 0. The second-order valence-electron chi connectivity index (χ2n) is 32.1. The number of esters is 4. The van der Waals surface area contributed by atoms with E-state index in [4.69, 9.17) is 37.0 Å². The van der Waals surface area contributed by atoms with Crippen molar-refractivity contribution in [2.45, 2.75) is 453 Å². The number of aliphatic hydroxyl groups excluding tert-OH is 1. The maximum absolute atomic E-state index is 13.1. The van der Waals surface area contributed by atoms with Gasteiger partial charge in [0.15, 0.2) is 12.2 Å². The molecule has 0 spiro atoms. The maximum atomic E-state index is 13.1. The van der Waals surface area contributed by atoms with E-state index in [1.807, 2.05) is 0 Å². The van der Waals surface area contributed by atoms with Crippen LogP contribution in [0.3, 0.4) is 0 Å². The van der Waals surface area contributed by atoms with E-state index in [-0.39, 0.29) is 25.7 Å². The molecular weight excluding hydrogens is 1340 g/mol. The smallest absolute Gasteiger partial charge is 0.462 e. The van der Waals surface area contributed by atoms with Crippen molar-refractivity contribution in [1.29, 1.82) is 0 Å². The number of rotatable bonds is 81. The molecule has 0 amide bonds. The summed E-state index contributed by atoms with van der Waals surface area (Å²) >= 11 is 0. The van der Waals surface area contributed by atoms with Gasteiger partial charge < -0.3 is 33.8 Å². The summed E-state index contributed by atoms with van der Waals surface area (Å²) in [5, 5.41) is 10.7. The van der Waals surface area contributed by atoms with Gasteiger partial charge in [-0.25, -0.2) is 9.13 Å². The van der Waals surface area contributed by atoms with Crippen molar-refractivity contribution >= 4 is 39.5 Å². The first-order valence-corrected chi connectivity index (χ1v) is 46.2. The minimum Gasteiger partial charge on any atom is -0.462 e. The Labute approximate surface area is 632 Å². The molecule has 103 heavy (non-hydrogen) atoms. The number of ether oxygens (including phenoxy) is 4. The molecule has 612 valence electrons. The summed E-state index contributed by atoms with van der Waals surface area (Å²) in [7, 11) is -9.93.